The van der Waals surface area contributed by atoms with Crippen molar-refractivity contribution >= 4 is 62.5 Å². The molecule has 8 bridgehead atoms. The lowest BCUT2D eigenvalue weighted by Crippen LogP contribution is -2.16. The van der Waals surface area contributed by atoms with Crippen molar-refractivity contribution in [3.05, 3.63) is 82.4 Å². The van der Waals surface area contributed by atoms with Crippen molar-refractivity contribution < 1.29 is 9.47 Å². The van der Waals surface area contributed by atoms with Crippen LogP contribution in [0.4, 0.5) is 0 Å². The molecule has 0 radical (unpaired) electrons. The van der Waals surface area contributed by atoms with Crippen LogP contribution in [0.25, 0.3) is 57.5 Å². The van der Waals surface area contributed by atoms with Crippen LogP contribution in [0.2, 0.25) is 39.3 Å². The number of nitrogens with one attached hydrogen (secondary N) is 2. The summed E-state index contributed by atoms with van der Waals surface area (Å²) in [6, 6.07) is 16.3. The van der Waals surface area contributed by atoms with Gasteiger partial charge in [0, 0.05) is 28.2 Å². The number of H-pyrrole nitrogens is 2. The maximum atomic E-state index is 6.38. The number of rotatable bonds is 9. The van der Waals surface area contributed by atoms with E-state index >= 15 is 0 Å². The van der Waals surface area contributed by atoms with Gasteiger partial charge in [0.15, 0.2) is 0 Å². The molecule has 326 valence electrons. The molecule has 0 aliphatic carbocycles. The van der Waals surface area contributed by atoms with Gasteiger partial charge in [-0.3, -0.25) is 0 Å². The first kappa shape index (κ1) is 47.8. The van der Waals surface area contributed by atoms with Gasteiger partial charge in [0.2, 0.25) is 0 Å². The summed E-state index contributed by atoms with van der Waals surface area (Å²) < 4.78 is 12.8. The van der Waals surface area contributed by atoms with E-state index in [9.17, 15) is 0 Å². The van der Waals surface area contributed by atoms with E-state index in [2.05, 4.69) is 201 Å². The van der Waals surface area contributed by atoms with Crippen LogP contribution in [-0.2, 0) is 0 Å². The Morgan fingerprint density at radius 3 is 1.42 bits per heavy atom. The van der Waals surface area contributed by atoms with Crippen LogP contribution in [0.3, 0.4) is 0 Å². The van der Waals surface area contributed by atoms with Crippen LogP contribution < -0.4 is 9.47 Å². The van der Waals surface area contributed by atoms with E-state index in [0.717, 1.165) is 63.2 Å². The minimum atomic E-state index is -1.54. The molecule has 4 aromatic rings. The van der Waals surface area contributed by atoms with Gasteiger partial charge in [-0.1, -0.05) is 67.0 Å². The molecule has 66 heavy (non-hydrogen) atoms. The molecule has 0 atom stereocenters. The number of aromatic nitrogens is 4. The van der Waals surface area contributed by atoms with Crippen LogP contribution in [0.15, 0.2) is 48.5 Å². The lowest BCUT2D eigenvalue weighted by atomic mass is 10.0. The Kier molecular flexibility index (Phi) is 16.2. The molecule has 3 aromatic heterocycles. The van der Waals surface area contributed by atoms with Crippen molar-refractivity contribution in [3.63, 3.8) is 0 Å². The highest BCUT2D eigenvalue weighted by molar-refractivity contribution is 6.84. The molecule has 2 aliphatic rings. The summed E-state index contributed by atoms with van der Waals surface area (Å²) in [5.41, 5.74) is 15.5. The van der Waals surface area contributed by atoms with E-state index in [1.807, 2.05) is 42.5 Å². The molecular formula is C58H54N4O2Si2. The third-order valence-corrected chi connectivity index (χ3v) is 11.3. The van der Waals surface area contributed by atoms with Crippen molar-refractivity contribution in [1.82, 2.24) is 19.9 Å². The number of aromatic amines is 2. The summed E-state index contributed by atoms with van der Waals surface area (Å²) in [7, 11) is -3.06. The Bertz CT molecular complexity index is 3260. The van der Waals surface area contributed by atoms with Crippen molar-refractivity contribution in [1.29, 1.82) is 0 Å². The van der Waals surface area contributed by atoms with E-state index in [0.29, 0.717) is 53.3 Å². The first-order chi connectivity index (χ1) is 31.6. The topological polar surface area (TPSA) is 75.8 Å². The average molecular weight is 895 g/mol. The zero-order valence-electron chi connectivity index (χ0n) is 39.6. The van der Waals surface area contributed by atoms with Crippen LogP contribution in [0, 0.1) is 106 Å². The predicted molar refractivity (Wildman–Crippen MR) is 281 cm³/mol. The predicted octanol–water partition coefficient (Wildman–Crippen LogP) is 11.7. The highest BCUT2D eigenvalue weighted by Gasteiger charge is 2.18. The molecule has 2 aliphatic heterocycles. The highest BCUT2D eigenvalue weighted by atomic mass is 28.3. The molecule has 0 amide bonds. The normalized spacial score (nSPS) is 10.9. The summed E-state index contributed by atoms with van der Waals surface area (Å²) in [4.78, 5) is 17.6. The zero-order chi connectivity index (χ0) is 47.1. The lowest BCUT2D eigenvalue weighted by Gasteiger charge is -2.14. The molecule has 2 N–H and O–H groups in total. The fraction of sp³-hybridized carbons (Fsp3) is 0.276. The van der Waals surface area contributed by atoms with Gasteiger partial charge in [-0.15, -0.1) is 11.1 Å². The fourth-order valence-corrected chi connectivity index (χ4v) is 7.16. The Labute approximate surface area is 394 Å². The third-order valence-electron chi connectivity index (χ3n) is 9.54. The largest absolute Gasteiger partial charge is 0.493 e. The van der Waals surface area contributed by atoms with Crippen LogP contribution in [-0.4, -0.2) is 49.3 Å². The number of hydrogen-bond acceptors (Lipinski definition) is 4. The Hall–Kier alpha value is -7.67. The van der Waals surface area contributed by atoms with Crippen LogP contribution >= 0.6 is 0 Å². The monoisotopic (exact) mass is 894 g/mol. The zero-order valence-corrected chi connectivity index (χ0v) is 41.6. The van der Waals surface area contributed by atoms with Gasteiger partial charge in [-0.25, -0.2) is 9.97 Å². The summed E-state index contributed by atoms with van der Waals surface area (Å²) in [5.74, 6) is 43.5. The maximum absolute atomic E-state index is 6.38. The molecule has 5 heterocycles. The van der Waals surface area contributed by atoms with Crippen molar-refractivity contribution in [2.24, 2.45) is 11.8 Å². The van der Waals surface area contributed by atoms with Gasteiger partial charge in [0.05, 0.1) is 52.6 Å². The fourth-order valence-electron chi connectivity index (χ4n) is 6.29. The van der Waals surface area contributed by atoms with Crippen molar-refractivity contribution in [3.8, 4) is 117 Å². The van der Waals surface area contributed by atoms with Crippen molar-refractivity contribution in [2.45, 2.75) is 79.8 Å². The Balaban J connectivity index is 1.60. The van der Waals surface area contributed by atoms with Crippen LogP contribution in [0.1, 0.15) is 74.4 Å². The van der Waals surface area contributed by atoms with E-state index in [-0.39, 0.29) is 0 Å². The number of benzene rings is 1. The van der Waals surface area contributed by atoms with E-state index in [4.69, 9.17) is 19.4 Å². The third kappa shape index (κ3) is 14.7. The van der Waals surface area contributed by atoms with Gasteiger partial charge in [-0.2, -0.15) is 0 Å². The van der Waals surface area contributed by atoms with Crippen molar-refractivity contribution in [2.75, 3.05) is 13.2 Å². The second kappa shape index (κ2) is 22.3. The first-order valence-electron chi connectivity index (χ1n) is 22.2. The molecule has 0 unspecified atom stereocenters. The number of nitrogens with zero attached hydrogens (tertiary/aromatic N) is 2. The molecule has 6 nitrogen and oxygen atoms in total. The molecule has 6 rings (SSSR count). The summed E-state index contributed by atoms with van der Waals surface area (Å²) in [6.45, 7) is 23.0. The number of fused-ring (bicyclic) bond motifs is 8. The molecular weight excluding hydrogens is 841 g/mol. The molecule has 0 spiro atoms. The van der Waals surface area contributed by atoms with Crippen LogP contribution in [0.5, 0.6) is 11.5 Å². The lowest BCUT2D eigenvalue weighted by molar-refractivity contribution is 0.276. The number of ether oxygens (including phenoxy) is 2. The molecule has 8 heteroatoms. The second-order valence-corrected chi connectivity index (χ2v) is 28.1. The van der Waals surface area contributed by atoms with Gasteiger partial charge in [-0.05, 0) is 180 Å². The van der Waals surface area contributed by atoms with Gasteiger partial charge in [0.25, 0.3) is 0 Å². The molecule has 0 fully saturated rings. The Morgan fingerprint density at radius 1 is 0.485 bits per heavy atom. The minimum absolute atomic E-state index is 0.505. The van der Waals surface area contributed by atoms with E-state index in [1.54, 1.807) is 0 Å². The van der Waals surface area contributed by atoms with E-state index in [1.165, 1.54) is 0 Å². The Morgan fingerprint density at radius 2 is 0.909 bits per heavy atom. The molecule has 0 saturated heterocycles. The first-order valence-corrected chi connectivity index (χ1v) is 29.2. The molecule has 1 aromatic carbocycles. The average Bonchev–Trinajstić information content (AvgIpc) is 4.09. The quantitative estimate of drug-likeness (QED) is 0.112. The van der Waals surface area contributed by atoms with Gasteiger partial charge in [0.1, 0.15) is 27.6 Å². The second-order valence-electron chi connectivity index (χ2n) is 18.6. The highest BCUT2D eigenvalue weighted by Crippen LogP contribution is 2.36. The van der Waals surface area contributed by atoms with Gasteiger partial charge >= 0.3 is 0 Å². The summed E-state index contributed by atoms with van der Waals surface area (Å²) in [6.07, 6.45) is 9.70. The van der Waals surface area contributed by atoms with E-state index < -0.39 is 16.1 Å². The number of hydrogen-bond donors (Lipinski definition) is 2. The minimum Gasteiger partial charge on any atom is -0.493 e. The molecule has 0 saturated carbocycles. The maximum Gasteiger partial charge on any atom is 0.130 e. The standard InChI is InChI=1S/C58H54N4O2Si2/c1-43(2)33-35-63-48-39-45(40-49(42-48)64-36-34-44(3)4)58-56-28-26-47(60-56)41-46-25-27-52(59-46)50(23-19-15-11-13-17-21-37-65(5,6)7)53-29-30-54(61-53)51(55-31-32-57(58)62-55)24-20-16-12-14-18-22-38-66(8,9)10/h25-32,39-44,59-60H,33-36H2,1-10H3. The van der Waals surface area contributed by atoms with Gasteiger partial charge < -0.3 is 19.4 Å². The summed E-state index contributed by atoms with van der Waals surface area (Å²) in [5, 5.41) is 0. The smallest absolute Gasteiger partial charge is 0.130 e. The SMILES string of the molecule is CC(C)CCOc1cc(OCCC(C)C)cc(-c2c3nc(c(C#CC#CC#CC#C[Si](C)(C)C)c4nc(c(C#CC#CC#CC#C[Si](C)(C)C)c5ccc(cc6ccc2[nH]6)[nH]5)C=C4)C=C3)c1. The summed E-state index contributed by atoms with van der Waals surface area (Å²) >= 11 is 0.